The van der Waals surface area contributed by atoms with Gasteiger partial charge in [-0.15, -0.1) is 0 Å². The predicted molar refractivity (Wildman–Crippen MR) is 73.5 cm³/mol. The van der Waals surface area contributed by atoms with Crippen molar-refractivity contribution in [2.75, 3.05) is 6.61 Å². The molecular formula is C15H17ClO2. The molecule has 0 amide bonds. The highest BCUT2D eigenvalue weighted by Crippen LogP contribution is 2.33. The van der Waals surface area contributed by atoms with Gasteiger partial charge >= 0.3 is 5.97 Å². The van der Waals surface area contributed by atoms with Crippen LogP contribution >= 0.6 is 11.6 Å². The quantitative estimate of drug-likeness (QED) is 0.764. The van der Waals surface area contributed by atoms with Crippen LogP contribution in [0, 0.1) is 0 Å². The van der Waals surface area contributed by atoms with Crippen LogP contribution in [0.5, 0.6) is 0 Å². The Bertz CT molecular complexity index is 460. The zero-order valence-corrected chi connectivity index (χ0v) is 11.3. The topological polar surface area (TPSA) is 26.3 Å². The highest BCUT2D eigenvalue weighted by Gasteiger charge is 2.20. The monoisotopic (exact) mass is 264 g/mol. The molecule has 0 heterocycles. The van der Waals surface area contributed by atoms with E-state index < -0.39 is 0 Å². The Hall–Kier alpha value is -1.28. The van der Waals surface area contributed by atoms with Crippen LogP contribution in [0.1, 0.15) is 38.2 Å². The summed E-state index contributed by atoms with van der Waals surface area (Å²) in [6.45, 7) is 2.26. The number of hydrogen-bond acceptors (Lipinski definition) is 2. The molecule has 1 aliphatic rings. The summed E-state index contributed by atoms with van der Waals surface area (Å²) in [5, 5.41) is 0.716. The summed E-state index contributed by atoms with van der Waals surface area (Å²) in [5.74, 6) is -0.165. The second-order valence-electron chi connectivity index (χ2n) is 4.39. The van der Waals surface area contributed by atoms with E-state index in [4.69, 9.17) is 16.3 Å². The number of rotatable bonds is 3. The molecule has 0 aromatic heterocycles. The minimum absolute atomic E-state index is 0.165. The first-order valence-corrected chi connectivity index (χ1v) is 6.75. The third-order valence-corrected chi connectivity index (χ3v) is 3.43. The van der Waals surface area contributed by atoms with Crippen molar-refractivity contribution < 1.29 is 9.53 Å². The van der Waals surface area contributed by atoms with Gasteiger partial charge in [0.25, 0.3) is 0 Å². The van der Waals surface area contributed by atoms with Crippen molar-refractivity contribution in [3.05, 3.63) is 40.4 Å². The number of allylic oxidation sites excluding steroid dienone is 1. The van der Waals surface area contributed by atoms with Gasteiger partial charge in [0.15, 0.2) is 0 Å². The van der Waals surface area contributed by atoms with Crippen LogP contribution in [0.2, 0.25) is 5.02 Å². The molecule has 1 aliphatic carbocycles. The summed E-state index contributed by atoms with van der Waals surface area (Å²) in [5.41, 5.74) is 3.05. The second kappa shape index (κ2) is 6.05. The van der Waals surface area contributed by atoms with Gasteiger partial charge in [-0.25, -0.2) is 4.79 Å². The fourth-order valence-electron chi connectivity index (χ4n) is 2.32. The van der Waals surface area contributed by atoms with Crippen LogP contribution in [0.25, 0.3) is 5.57 Å². The first-order chi connectivity index (χ1) is 8.72. The van der Waals surface area contributed by atoms with Gasteiger partial charge in [-0.1, -0.05) is 23.7 Å². The molecule has 0 N–H and O–H groups in total. The van der Waals surface area contributed by atoms with E-state index in [9.17, 15) is 4.79 Å². The molecule has 96 valence electrons. The summed E-state index contributed by atoms with van der Waals surface area (Å²) in [6.07, 6.45) is 3.94. The van der Waals surface area contributed by atoms with Gasteiger partial charge < -0.3 is 4.74 Å². The Morgan fingerprint density at radius 1 is 1.22 bits per heavy atom. The molecule has 3 heteroatoms. The van der Waals surface area contributed by atoms with E-state index in [2.05, 4.69) is 0 Å². The van der Waals surface area contributed by atoms with Crippen molar-refractivity contribution in [3.8, 4) is 0 Å². The lowest BCUT2D eigenvalue weighted by atomic mass is 9.87. The largest absolute Gasteiger partial charge is 0.463 e. The van der Waals surface area contributed by atoms with E-state index in [0.717, 1.165) is 42.4 Å². The van der Waals surface area contributed by atoms with Gasteiger partial charge in [0.2, 0.25) is 0 Å². The van der Waals surface area contributed by atoms with Crippen molar-refractivity contribution in [1.29, 1.82) is 0 Å². The SMILES string of the molecule is CCOC(=O)C1=C(c2ccc(Cl)cc2)CCCC1. The lowest BCUT2D eigenvalue weighted by Gasteiger charge is -2.19. The maximum absolute atomic E-state index is 11.9. The lowest BCUT2D eigenvalue weighted by molar-refractivity contribution is -0.138. The van der Waals surface area contributed by atoms with Gasteiger partial charge in [-0.05, 0) is 55.9 Å². The van der Waals surface area contributed by atoms with Crippen molar-refractivity contribution in [1.82, 2.24) is 0 Å². The number of esters is 1. The Balaban J connectivity index is 2.35. The van der Waals surface area contributed by atoms with Crippen molar-refractivity contribution >= 4 is 23.1 Å². The smallest absolute Gasteiger partial charge is 0.334 e. The summed E-state index contributed by atoms with van der Waals surface area (Å²) in [7, 11) is 0. The zero-order valence-electron chi connectivity index (χ0n) is 10.5. The highest BCUT2D eigenvalue weighted by atomic mass is 35.5. The van der Waals surface area contributed by atoms with E-state index in [1.54, 1.807) is 0 Å². The fraction of sp³-hybridized carbons (Fsp3) is 0.400. The van der Waals surface area contributed by atoms with E-state index in [0.29, 0.717) is 11.6 Å². The maximum atomic E-state index is 11.9. The maximum Gasteiger partial charge on any atom is 0.334 e. The number of ether oxygens (including phenoxy) is 1. The lowest BCUT2D eigenvalue weighted by Crippen LogP contribution is -2.12. The molecular weight excluding hydrogens is 248 g/mol. The third kappa shape index (κ3) is 2.94. The van der Waals surface area contributed by atoms with Gasteiger partial charge in [0.05, 0.1) is 6.61 Å². The third-order valence-electron chi connectivity index (χ3n) is 3.18. The molecule has 0 fully saturated rings. The highest BCUT2D eigenvalue weighted by molar-refractivity contribution is 6.30. The minimum Gasteiger partial charge on any atom is -0.463 e. The number of hydrogen-bond donors (Lipinski definition) is 0. The van der Waals surface area contributed by atoms with Crippen LogP contribution in [-0.4, -0.2) is 12.6 Å². The molecule has 0 aliphatic heterocycles. The Morgan fingerprint density at radius 3 is 2.56 bits per heavy atom. The van der Waals surface area contributed by atoms with Crippen molar-refractivity contribution in [2.24, 2.45) is 0 Å². The first-order valence-electron chi connectivity index (χ1n) is 6.37. The summed E-state index contributed by atoms with van der Waals surface area (Å²) in [4.78, 5) is 11.9. The molecule has 2 rings (SSSR count). The molecule has 0 atom stereocenters. The molecule has 0 unspecified atom stereocenters. The number of benzene rings is 1. The van der Waals surface area contributed by atoms with Crippen LogP contribution in [0.15, 0.2) is 29.8 Å². The van der Waals surface area contributed by atoms with Crippen molar-refractivity contribution in [2.45, 2.75) is 32.6 Å². The standard InChI is InChI=1S/C15H17ClO2/c1-2-18-15(17)14-6-4-3-5-13(14)11-7-9-12(16)10-8-11/h7-10H,2-6H2,1H3. The Kier molecular flexibility index (Phi) is 4.43. The molecule has 0 spiro atoms. The van der Waals surface area contributed by atoms with Crippen LogP contribution < -0.4 is 0 Å². The molecule has 1 aromatic rings. The molecule has 0 saturated heterocycles. The van der Waals surface area contributed by atoms with E-state index >= 15 is 0 Å². The van der Waals surface area contributed by atoms with Gasteiger partial charge in [0.1, 0.15) is 0 Å². The minimum atomic E-state index is -0.165. The number of carbonyl (C=O) groups is 1. The van der Waals surface area contributed by atoms with E-state index in [-0.39, 0.29) is 5.97 Å². The van der Waals surface area contributed by atoms with Crippen molar-refractivity contribution in [3.63, 3.8) is 0 Å². The number of carbonyl (C=O) groups excluding carboxylic acids is 1. The summed E-state index contributed by atoms with van der Waals surface area (Å²) < 4.78 is 5.13. The molecule has 18 heavy (non-hydrogen) atoms. The second-order valence-corrected chi connectivity index (χ2v) is 4.83. The average Bonchev–Trinajstić information content (AvgIpc) is 2.40. The van der Waals surface area contributed by atoms with E-state index in [1.807, 2.05) is 31.2 Å². The Labute approximate surface area is 113 Å². The Morgan fingerprint density at radius 2 is 1.89 bits per heavy atom. The van der Waals surface area contributed by atoms with Gasteiger partial charge in [-0.3, -0.25) is 0 Å². The summed E-state index contributed by atoms with van der Waals surface area (Å²) in [6, 6.07) is 7.67. The first kappa shape index (κ1) is 13.2. The van der Waals surface area contributed by atoms with Gasteiger partial charge in [0, 0.05) is 10.6 Å². The van der Waals surface area contributed by atoms with Crippen LogP contribution in [-0.2, 0) is 9.53 Å². The fourth-order valence-corrected chi connectivity index (χ4v) is 2.44. The molecule has 0 bridgehead atoms. The molecule has 0 saturated carbocycles. The van der Waals surface area contributed by atoms with Crippen LogP contribution in [0.3, 0.4) is 0 Å². The molecule has 1 aromatic carbocycles. The van der Waals surface area contributed by atoms with Gasteiger partial charge in [-0.2, -0.15) is 0 Å². The van der Waals surface area contributed by atoms with E-state index in [1.165, 1.54) is 0 Å². The molecule has 2 nitrogen and oxygen atoms in total. The summed E-state index contributed by atoms with van der Waals surface area (Å²) >= 11 is 5.89. The number of halogens is 1. The zero-order chi connectivity index (χ0) is 13.0. The molecule has 0 radical (unpaired) electrons. The normalized spacial score (nSPS) is 15.7. The average molecular weight is 265 g/mol. The van der Waals surface area contributed by atoms with Crippen LogP contribution in [0.4, 0.5) is 0 Å². The predicted octanol–water partition coefficient (Wildman–Crippen LogP) is 4.23.